The van der Waals surface area contributed by atoms with Crippen molar-refractivity contribution in [1.29, 1.82) is 0 Å². The van der Waals surface area contributed by atoms with Gasteiger partial charge in [-0.3, -0.25) is 0 Å². The predicted octanol–water partition coefficient (Wildman–Crippen LogP) is -1.48. The molecule has 69 valence electrons. The summed E-state index contributed by atoms with van der Waals surface area (Å²) in [5, 5.41) is 0. The summed E-state index contributed by atoms with van der Waals surface area (Å²) < 4.78 is 48.8. The van der Waals surface area contributed by atoms with E-state index in [1.54, 1.807) is 0 Å². The van der Waals surface area contributed by atoms with Gasteiger partial charge in [0.1, 0.15) is 0 Å². The van der Waals surface area contributed by atoms with Gasteiger partial charge in [-0.05, 0) is 0 Å². The van der Waals surface area contributed by atoms with Crippen molar-refractivity contribution in [3.8, 4) is 0 Å². The molecule has 0 spiro atoms. The SMILES string of the molecule is CS(=O)(=O)OCOS(C)(=O)=O.[Na]. The van der Waals surface area contributed by atoms with Crippen LogP contribution in [0.4, 0.5) is 0 Å². The zero-order valence-corrected chi connectivity index (χ0v) is 10.6. The summed E-state index contributed by atoms with van der Waals surface area (Å²) in [4.78, 5) is 0. The summed E-state index contributed by atoms with van der Waals surface area (Å²) in [5.74, 6) is 0. The Morgan fingerprint density at radius 3 is 1.33 bits per heavy atom. The maximum absolute atomic E-state index is 10.2. The van der Waals surface area contributed by atoms with E-state index in [2.05, 4.69) is 8.37 Å². The second-order valence-electron chi connectivity index (χ2n) is 1.76. The Bertz CT molecular complexity index is 270. The molecular weight excluding hydrogens is 219 g/mol. The van der Waals surface area contributed by atoms with Crippen molar-refractivity contribution in [1.82, 2.24) is 0 Å². The van der Waals surface area contributed by atoms with Crippen LogP contribution in [0, 0.1) is 0 Å². The fourth-order valence-electron chi connectivity index (χ4n) is 0.194. The van der Waals surface area contributed by atoms with Crippen molar-refractivity contribution in [2.45, 2.75) is 0 Å². The molecule has 0 atom stereocenters. The van der Waals surface area contributed by atoms with Gasteiger partial charge in [0, 0.05) is 29.6 Å². The quantitative estimate of drug-likeness (QED) is 0.330. The van der Waals surface area contributed by atoms with Crippen molar-refractivity contribution >= 4 is 49.8 Å². The minimum Gasteiger partial charge on any atom is -0.240 e. The minimum absolute atomic E-state index is 0. The first kappa shape index (κ1) is 15.3. The molecule has 0 saturated heterocycles. The molecule has 0 saturated carbocycles. The van der Waals surface area contributed by atoms with Gasteiger partial charge in [-0.2, -0.15) is 16.8 Å². The molecular formula is C3H8NaO6S2. The Kier molecular flexibility index (Phi) is 7.05. The Labute approximate surface area is 93.8 Å². The molecule has 0 fully saturated rings. The summed E-state index contributed by atoms with van der Waals surface area (Å²) in [6, 6.07) is 0. The normalized spacial score (nSPS) is 12.2. The molecule has 0 heterocycles. The Morgan fingerprint density at radius 1 is 0.917 bits per heavy atom. The number of hydrogen-bond acceptors (Lipinski definition) is 6. The summed E-state index contributed by atoms with van der Waals surface area (Å²) in [5.41, 5.74) is 0. The monoisotopic (exact) mass is 227 g/mol. The van der Waals surface area contributed by atoms with Crippen molar-refractivity contribution in [2.24, 2.45) is 0 Å². The van der Waals surface area contributed by atoms with Gasteiger partial charge < -0.3 is 0 Å². The molecule has 6 nitrogen and oxygen atoms in total. The van der Waals surface area contributed by atoms with E-state index in [9.17, 15) is 16.8 Å². The van der Waals surface area contributed by atoms with E-state index < -0.39 is 27.0 Å². The molecule has 0 aromatic heterocycles. The van der Waals surface area contributed by atoms with Crippen LogP contribution in [0.25, 0.3) is 0 Å². The largest absolute Gasteiger partial charge is 0.266 e. The van der Waals surface area contributed by atoms with Gasteiger partial charge in [0.05, 0.1) is 12.5 Å². The topological polar surface area (TPSA) is 86.7 Å². The van der Waals surface area contributed by atoms with E-state index >= 15 is 0 Å². The van der Waals surface area contributed by atoms with Gasteiger partial charge in [0.2, 0.25) is 0 Å². The van der Waals surface area contributed by atoms with Crippen molar-refractivity contribution in [2.75, 3.05) is 19.3 Å². The molecule has 0 bridgehead atoms. The third kappa shape index (κ3) is 13.4. The van der Waals surface area contributed by atoms with Crippen LogP contribution < -0.4 is 0 Å². The average molecular weight is 227 g/mol. The second kappa shape index (κ2) is 5.53. The van der Waals surface area contributed by atoms with Crippen LogP contribution in [0.1, 0.15) is 0 Å². The second-order valence-corrected chi connectivity index (χ2v) is 5.05. The Hall–Kier alpha value is 0.820. The van der Waals surface area contributed by atoms with Crippen LogP contribution in [0.15, 0.2) is 0 Å². The van der Waals surface area contributed by atoms with Crippen LogP contribution >= 0.6 is 0 Å². The van der Waals surface area contributed by atoms with Gasteiger partial charge in [-0.25, -0.2) is 8.37 Å². The molecule has 1 radical (unpaired) electrons. The summed E-state index contributed by atoms with van der Waals surface area (Å²) in [7, 11) is -7.27. The molecule has 0 aliphatic heterocycles. The van der Waals surface area contributed by atoms with Gasteiger partial charge in [0.15, 0.2) is 6.79 Å². The Morgan fingerprint density at radius 2 is 1.17 bits per heavy atom. The van der Waals surface area contributed by atoms with Crippen molar-refractivity contribution in [3.05, 3.63) is 0 Å². The van der Waals surface area contributed by atoms with Gasteiger partial charge in [0.25, 0.3) is 20.2 Å². The standard InChI is InChI=1S/C3H8O6S2.Na/c1-10(4,5)8-3-9-11(2,6)7;/h3H2,1-2H3;. The molecule has 0 rings (SSSR count). The molecule has 0 aromatic rings. The Balaban J connectivity index is 0. The number of hydrogen-bond donors (Lipinski definition) is 0. The maximum atomic E-state index is 10.2. The molecule has 0 aliphatic carbocycles. The first-order valence-electron chi connectivity index (χ1n) is 2.39. The molecule has 9 heteroatoms. The zero-order chi connectivity index (χ0) is 9.12. The van der Waals surface area contributed by atoms with Crippen LogP contribution in [0.3, 0.4) is 0 Å². The van der Waals surface area contributed by atoms with Crippen molar-refractivity contribution < 1.29 is 25.2 Å². The first-order valence-corrected chi connectivity index (χ1v) is 6.03. The van der Waals surface area contributed by atoms with E-state index in [-0.39, 0.29) is 29.6 Å². The van der Waals surface area contributed by atoms with Crippen LogP contribution in [0.5, 0.6) is 0 Å². The molecule has 0 N–H and O–H groups in total. The molecule has 12 heavy (non-hydrogen) atoms. The van der Waals surface area contributed by atoms with Crippen molar-refractivity contribution in [3.63, 3.8) is 0 Å². The fourth-order valence-corrected chi connectivity index (χ4v) is 0.701. The summed E-state index contributed by atoms with van der Waals surface area (Å²) in [6.45, 7) is -0.808. The van der Waals surface area contributed by atoms with E-state index in [4.69, 9.17) is 0 Å². The number of rotatable bonds is 4. The predicted molar refractivity (Wildman–Crippen MR) is 42.5 cm³/mol. The van der Waals surface area contributed by atoms with Crippen LogP contribution in [-0.2, 0) is 28.6 Å². The minimum atomic E-state index is -3.64. The fraction of sp³-hybridized carbons (Fsp3) is 1.00. The average Bonchev–Trinajstić information content (AvgIpc) is 1.55. The van der Waals surface area contributed by atoms with Crippen LogP contribution in [-0.4, -0.2) is 65.7 Å². The van der Waals surface area contributed by atoms with Gasteiger partial charge in [-0.1, -0.05) is 0 Å². The summed E-state index contributed by atoms with van der Waals surface area (Å²) in [6.07, 6.45) is 1.58. The summed E-state index contributed by atoms with van der Waals surface area (Å²) >= 11 is 0. The van der Waals surface area contributed by atoms with E-state index in [0.29, 0.717) is 0 Å². The van der Waals surface area contributed by atoms with Gasteiger partial charge in [-0.15, -0.1) is 0 Å². The zero-order valence-electron chi connectivity index (χ0n) is 6.97. The first-order chi connectivity index (χ1) is 4.71. The van der Waals surface area contributed by atoms with E-state index in [0.717, 1.165) is 12.5 Å². The van der Waals surface area contributed by atoms with Crippen LogP contribution in [0.2, 0.25) is 0 Å². The maximum Gasteiger partial charge on any atom is 0.266 e. The molecule has 0 aliphatic rings. The molecule has 0 amide bonds. The third-order valence-corrected chi connectivity index (χ3v) is 1.57. The smallest absolute Gasteiger partial charge is 0.240 e. The molecule has 0 unspecified atom stereocenters. The molecule has 0 aromatic carbocycles. The third-order valence-electron chi connectivity index (χ3n) is 0.524. The van der Waals surface area contributed by atoms with E-state index in [1.807, 2.05) is 0 Å². The van der Waals surface area contributed by atoms with Gasteiger partial charge >= 0.3 is 0 Å². The van der Waals surface area contributed by atoms with E-state index in [1.165, 1.54) is 0 Å².